The molecule has 182 valence electrons. The molecule has 7 nitrogen and oxygen atoms in total. The lowest BCUT2D eigenvalue weighted by Gasteiger charge is -2.32. The fourth-order valence-corrected chi connectivity index (χ4v) is 5.29. The van der Waals surface area contributed by atoms with E-state index in [2.05, 4.69) is 10.2 Å². The van der Waals surface area contributed by atoms with Gasteiger partial charge in [0.25, 0.3) is 11.8 Å². The van der Waals surface area contributed by atoms with E-state index < -0.39 is 17.6 Å². The summed E-state index contributed by atoms with van der Waals surface area (Å²) in [7, 11) is 1.58. The highest BCUT2D eigenvalue weighted by Crippen LogP contribution is 2.47. The third-order valence-electron chi connectivity index (χ3n) is 6.82. The molecule has 1 saturated heterocycles. The van der Waals surface area contributed by atoms with Gasteiger partial charge in [0.05, 0.1) is 16.5 Å². The summed E-state index contributed by atoms with van der Waals surface area (Å²) in [6.07, 6.45) is -0.189. The van der Waals surface area contributed by atoms with Gasteiger partial charge in [0.2, 0.25) is 5.91 Å². The minimum absolute atomic E-state index is 0.0884. The summed E-state index contributed by atoms with van der Waals surface area (Å²) < 4.78 is 0. The fourth-order valence-electron chi connectivity index (χ4n) is 4.99. The number of amides is 3. The van der Waals surface area contributed by atoms with Gasteiger partial charge in [-0.05, 0) is 42.2 Å². The molecule has 2 aromatic rings. The van der Waals surface area contributed by atoms with E-state index in [-0.39, 0.29) is 41.6 Å². The third-order valence-corrected chi connectivity index (χ3v) is 7.56. The van der Waals surface area contributed by atoms with E-state index in [1.807, 2.05) is 38.1 Å². The lowest BCUT2D eigenvalue weighted by atomic mass is 9.80. The number of fused-ring (bicyclic) bond motifs is 2. The van der Waals surface area contributed by atoms with Gasteiger partial charge in [-0.2, -0.15) is 0 Å². The second kappa shape index (κ2) is 9.52. The lowest BCUT2D eigenvalue weighted by Crippen LogP contribution is -2.51. The summed E-state index contributed by atoms with van der Waals surface area (Å²) in [5.41, 5.74) is 0.846. The number of nitrogens with one attached hydrogen (secondary N) is 1. The molecule has 4 rings (SSSR count). The molecule has 9 heteroatoms. The number of hydrogen-bond acceptors (Lipinski definition) is 3. The number of benzene rings is 2. The molecule has 2 aliphatic heterocycles. The molecule has 1 N–H and O–H groups in total. The predicted molar refractivity (Wildman–Crippen MR) is 135 cm³/mol. The first kappa shape index (κ1) is 25.0. The van der Waals surface area contributed by atoms with Crippen LogP contribution >= 0.6 is 23.2 Å². The van der Waals surface area contributed by atoms with Crippen molar-refractivity contribution in [3.63, 3.8) is 0 Å². The Morgan fingerprint density at radius 2 is 1.94 bits per heavy atom. The summed E-state index contributed by atoms with van der Waals surface area (Å²) >= 11 is 12.1. The van der Waals surface area contributed by atoms with Crippen LogP contribution < -0.4 is 5.32 Å². The van der Waals surface area contributed by atoms with E-state index in [0.717, 1.165) is 5.56 Å². The molecule has 3 atom stereocenters. The zero-order valence-corrected chi connectivity index (χ0v) is 21.2. The maximum Gasteiger partial charge on any atom is 0.302 e. The quantitative estimate of drug-likeness (QED) is 0.582. The summed E-state index contributed by atoms with van der Waals surface area (Å²) in [5.74, 6) is -0.820. The molecule has 35 heavy (non-hydrogen) atoms. The van der Waals surface area contributed by atoms with Crippen molar-refractivity contribution in [2.24, 2.45) is 5.92 Å². The Bertz CT molecular complexity index is 1240. The average Bonchev–Trinajstić information content (AvgIpc) is 3.36. The molecule has 0 aromatic heterocycles. The maximum absolute atomic E-state index is 13.9. The van der Waals surface area contributed by atoms with E-state index >= 15 is 0 Å². The number of carbonyl (C=O) groups excluding carboxylic acids is 3. The molecule has 0 bridgehead atoms. The van der Waals surface area contributed by atoms with Crippen LogP contribution in [0.2, 0.25) is 10.0 Å². The van der Waals surface area contributed by atoms with Gasteiger partial charge >= 0.3 is 6.17 Å². The predicted octanol–water partition coefficient (Wildman–Crippen LogP) is 4.85. The Morgan fingerprint density at radius 1 is 1.23 bits per heavy atom. The van der Waals surface area contributed by atoms with Gasteiger partial charge in [-0.15, -0.1) is 0 Å². The van der Waals surface area contributed by atoms with Crippen LogP contribution in [0.25, 0.3) is 4.85 Å². The van der Waals surface area contributed by atoms with Gasteiger partial charge < -0.3 is 10.2 Å². The molecule has 0 unspecified atom stereocenters. The molecule has 1 spiro atoms. The second-order valence-corrected chi connectivity index (χ2v) is 10.4. The number of hydrogen-bond donors (Lipinski definition) is 1. The largest absolute Gasteiger partial charge is 0.330 e. The highest BCUT2D eigenvalue weighted by atomic mass is 35.5. The van der Waals surface area contributed by atoms with E-state index in [4.69, 9.17) is 29.8 Å². The molecular formula is C26H26Cl2N4O3. The smallest absolute Gasteiger partial charge is 0.302 e. The highest BCUT2D eigenvalue weighted by molar-refractivity contribution is 6.42. The van der Waals surface area contributed by atoms with Crippen molar-refractivity contribution < 1.29 is 14.4 Å². The van der Waals surface area contributed by atoms with Crippen LogP contribution in [0, 0.1) is 12.5 Å². The van der Waals surface area contributed by atoms with Crippen LogP contribution in [0.4, 0.5) is 5.69 Å². The van der Waals surface area contributed by atoms with Gasteiger partial charge in [-0.25, -0.2) is 6.57 Å². The van der Waals surface area contributed by atoms with E-state index in [0.29, 0.717) is 22.7 Å². The van der Waals surface area contributed by atoms with Gasteiger partial charge in [0.15, 0.2) is 0 Å². The van der Waals surface area contributed by atoms with Crippen molar-refractivity contribution in [2.75, 3.05) is 18.9 Å². The van der Waals surface area contributed by atoms with Crippen molar-refractivity contribution in [3.05, 3.63) is 75.1 Å². The number of anilines is 1. The summed E-state index contributed by atoms with van der Waals surface area (Å²) in [6.45, 7) is 11.8. The molecule has 0 saturated carbocycles. The SMILES string of the molecule is [C-]#[N+][C@@H]1C[C@@]2(CN1C(=O)[C@H](CC(C)C)N(C)C(=O)c1ccc(Cl)c(Cl)c1)C(=O)Nc1ccccc12. The van der Waals surface area contributed by atoms with E-state index in [1.165, 1.54) is 15.9 Å². The Kier molecular flexibility index (Phi) is 6.81. The van der Waals surface area contributed by atoms with Crippen LogP contribution in [0.3, 0.4) is 0 Å². The minimum atomic E-state index is -0.976. The topological polar surface area (TPSA) is 74.1 Å². The summed E-state index contributed by atoms with van der Waals surface area (Å²) in [4.78, 5) is 46.9. The van der Waals surface area contributed by atoms with Gasteiger partial charge in [0.1, 0.15) is 11.5 Å². The minimum Gasteiger partial charge on any atom is -0.330 e. The number of rotatable bonds is 5. The third kappa shape index (κ3) is 4.37. The zero-order valence-electron chi connectivity index (χ0n) is 19.7. The molecule has 3 amide bonds. The van der Waals surface area contributed by atoms with Crippen LogP contribution in [0.15, 0.2) is 42.5 Å². The summed E-state index contributed by atoms with van der Waals surface area (Å²) in [5, 5.41) is 3.48. The van der Waals surface area contributed by atoms with Crippen molar-refractivity contribution in [3.8, 4) is 0 Å². The highest BCUT2D eigenvalue weighted by Gasteiger charge is 2.59. The van der Waals surface area contributed by atoms with Crippen molar-refractivity contribution in [1.29, 1.82) is 0 Å². The van der Waals surface area contributed by atoms with Crippen LogP contribution in [0.5, 0.6) is 0 Å². The van der Waals surface area contributed by atoms with E-state index in [9.17, 15) is 14.4 Å². The molecule has 2 aromatic carbocycles. The monoisotopic (exact) mass is 512 g/mol. The molecule has 2 heterocycles. The van der Waals surface area contributed by atoms with Gasteiger partial charge in [0, 0.05) is 24.8 Å². The number of carbonyl (C=O) groups is 3. The lowest BCUT2D eigenvalue weighted by molar-refractivity contribution is -0.136. The Labute approximate surface area is 214 Å². The molecular weight excluding hydrogens is 487 g/mol. The standard InChI is InChI=1S/C26H26Cl2N4O3/c1-15(2)11-21(31(4)23(33)16-9-10-18(27)19(28)12-16)24(34)32-14-26(13-22(32)29-3)17-7-5-6-8-20(17)30-25(26)35/h5-10,12,15,21-22H,11,13-14H2,1-2,4H3,(H,30,35)/t21-,22-,26-/m0/s1. The molecule has 1 fully saturated rings. The average molecular weight is 513 g/mol. The number of likely N-dealkylation sites (tertiary alicyclic amines) is 1. The summed E-state index contributed by atoms with van der Waals surface area (Å²) in [6, 6.07) is 11.2. The van der Waals surface area contributed by atoms with Gasteiger partial charge in [-0.1, -0.05) is 55.2 Å². The second-order valence-electron chi connectivity index (χ2n) is 9.55. The molecule has 2 aliphatic rings. The van der Waals surface area contributed by atoms with E-state index in [1.54, 1.807) is 19.2 Å². The Balaban J connectivity index is 1.66. The van der Waals surface area contributed by atoms with Crippen molar-refractivity contribution in [1.82, 2.24) is 9.80 Å². The Hall–Kier alpha value is -3.08. The van der Waals surface area contributed by atoms with Crippen LogP contribution in [-0.4, -0.2) is 53.3 Å². The van der Waals surface area contributed by atoms with Crippen LogP contribution in [-0.2, 0) is 15.0 Å². The normalized spacial score (nSPS) is 21.6. The number of para-hydroxylation sites is 1. The number of nitrogens with zero attached hydrogens (tertiary/aromatic N) is 3. The first-order chi connectivity index (χ1) is 16.6. The van der Waals surface area contributed by atoms with Crippen molar-refractivity contribution >= 4 is 46.6 Å². The Morgan fingerprint density at radius 3 is 2.60 bits per heavy atom. The zero-order chi connectivity index (χ0) is 25.5. The number of halogens is 2. The molecule has 0 aliphatic carbocycles. The number of likely N-dealkylation sites (N-methyl/N-ethyl adjacent to an activating group) is 1. The van der Waals surface area contributed by atoms with Crippen LogP contribution in [0.1, 0.15) is 42.6 Å². The fraction of sp³-hybridized carbons (Fsp3) is 0.385. The van der Waals surface area contributed by atoms with Gasteiger partial charge in [-0.3, -0.25) is 24.1 Å². The van der Waals surface area contributed by atoms with Crippen molar-refractivity contribution in [2.45, 2.75) is 44.3 Å². The molecule has 0 radical (unpaired) electrons. The maximum atomic E-state index is 13.9. The first-order valence-corrected chi connectivity index (χ1v) is 12.1. The first-order valence-electron chi connectivity index (χ1n) is 11.4.